The molecule has 1 aromatic heterocycles. The van der Waals surface area contributed by atoms with Crippen LogP contribution >= 0.6 is 11.3 Å². The number of nitrogens with one attached hydrogen (secondary N) is 1. The zero-order valence-corrected chi connectivity index (χ0v) is 22.8. The van der Waals surface area contributed by atoms with E-state index in [0.717, 1.165) is 22.5 Å². The van der Waals surface area contributed by atoms with E-state index in [-0.39, 0.29) is 43.6 Å². The molecule has 0 saturated carbocycles. The number of benzene rings is 2. The van der Waals surface area contributed by atoms with Crippen molar-refractivity contribution in [1.82, 2.24) is 15.1 Å². The Morgan fingerprint density at radius 2 is 1.58 bits per heavy atom. The Morgan fingerprint density at radius 1 is 0.921 bits per heavy atom. The number of hydrogen-bond acceptors (Lipinski definition) is 7. The summed E-state index contributed by atoms with van der Waals surface area (Å²) in [5, 5.41) is 2.33. The van der Waals surface area contributed by atoms with Gasteiger partial charge in [0.15, 0.2) is 6.61 Å². The minimum atomic E-state index is -4.24. The number of thiophene rings is 1. The number of piperazine rings is 1. The monoisotopic (exact) mass is 555 g/mol. The molecule has 0 radical (unpaired) electrons. The van der Waals surface area contributed by atoms with Crippen LogP contribution < -0.4 is 10.1 Å². The number of amides is 3. The molecule has 0 aliphatic carbocycles. The molecule has 2 aromatic carbocycles. The van der Waals surface area contributed by atoms with Gasteiger partial charge in [-0.3, -0.25) is 14.4 Å². The molecular weight excluding hydrogens is 526 g/mol. The second-order valence-corrected chi connectivity index (χ2v) is 11.9. The molecule has 1 N–H and O–H groups in total. The maximum Gasteiger partial charge on any atom is 0.262 e. The summed E-state index contributed by atoms with van der Waals surface area (Å²) in [5.74, 6) is -0.981. The molecule has 2 heterocycles. The van der Waals surface area contributed by atoms with Crippen LogP contribution in [0, 0.1) is 13.8 Å². The molecule has 3 amide bonds. The first-order valence-corrected chi connectivity index (χ1v) is 14.5. The number of rotatable bonds is 8. The second kappa shape index (κ2) is 11.8. The molecule has 1 aliphatic rings. The number of hydrogen-bond donors (Lipinski definition) is 1. The van der Waals surface area contributed by atoms with E-state index in [1.54, 1.807) is 40.6 Å². The lowest BCUT2D eigenvalue weighted by atomic mass is 10.2. The van der Waals surface area contributed by atoms with Gasteiger partial charge in [0.05, 0.1) is 9.77 Å². The Morgan fingerprint density at radius 3 is 2.21 bits per heavy atom. The first-order valence-electron chi connectivity index (χ1n) is 12.1. The summed E-state index contributed by atoms with van der Waals surface area (Å²) in [6.45, 7) is 4.27. The van der Waals surface area contributed by atoms with Gasteiger partial charge in [-0.15, -0.1) is 11.3 Å². The summed E-state index contributed by atoms with van der Waals surface area (Å²) in [6.07, 6.45) is 0. The third-order valence-corrected chi connectivity index (χ3v) is 9.02. The van der Waals surface area contributed by atoms with E-state index in [4.69, 9.17) is 4.74 Å². The Balaban J connectivity index is 1.45. The molecule has 0 bridgehead atoms. The fraction of sp³-hybridized carbons (Fsp3) is 0.296. The minimum absolute atomic E-state index is 0.0601. The molecule has 1 atom stereocenters. The molecule has 0 unspecified atom stereocenters. The normalized spacial score (nSPS) is 14.6. The number of para-hydroxylation sites is 1. The van der Waals surface area contributed by atoms with Gasteiger partial charge >= 0.3 is 0 Å². The van der Waals surface area contributed by atoms with E-state index in [1.165, 1.54) is 17.0 Å². The standard InChI is InChI=1S/C27H29N3O6S2/c1-19-9-11-21(12-10-19)38(34,35)26(28-25(32)23-8-5-17-37-23)27(33)30-15-13-29(14-16-30)24(31)18-36-22-7-4-3-6-20(22)2/h3-12,17,26H,13-16,18H2,1-2H3,(H,28,32)/t26-/m0/s1. The van der Waals surface area contributed by atoms with Gasteiger partial charge in [-0.1, -0.05) is 42.0 Å². The van der Waals surface area contributed by atoms with Crippen LogP contribution in [0.2, 0.25) is 0 Å². The number of aryl methyl sites for hydroxylation is 2. The number of sulfone groups is 1. The second-order valence-electron chi connectivity index (χ2n) is 8.95. The first kappa shape index (κ1) is 27.3. The largest absolute Gasteiger partial charge is 0.484 e. The van der Waals surface area contributed by atoms with Gasteiger partial charge in [0.2, 0.25) is 15.2 Å². The zero-order valence-electron chi connectivity index (χ0n) is 21.1. The van der Waals surface area contributed by atoms with E-state index in [2.05, 4.69) is 5.32 Å². The van der Waals surface area contributed by atoms with Crippen molar-refractivity contribution in [3.8, 4) is 5.75 Å². The summed E-state index contributed by atoms with van der Waals surface area (Å²) in [6, 6.07) is 16.7. The van der Waals surface area contributed by atoms with E-state index in [9.17, 15) is 22.8 Å². The highest BCUT2D eigenvalue weighted by atomic mass is 32.2. The van der Waals surface area contributed by atoms with Crippen LogP contribution in [0.25, 0.3) is 0 Å². The van der Waals surface area contributed by atoms with Gasteiger partial charge in [-0.2, -0.15) is 0 Å². The summed E-state index contributed by atoms with van der Waals surface area (Å²) in [7, 11) is -4.24. The molecular formula is C27H29N3O6S2. The van der Waals surface area contributed by atoms with Crippen molar-refractivity contribution >= 4 is 38.9 Å². The molecule has 3 aromatic rings. The van der Waals surface area contributed by atoms with Gasteiger partial charge in [0.25, 0.3) is 17.7 Å². The van der Waals surface area contributed by atoms with Crippen molar-refractivity contribution in [2.75, 3.05) is 32.8 Å². The van der Waals surface area contributed by atoms with Gasteiger partial charge in [0, 0.05) is 26.2 Å². The molecule has 200 valence electrons. The fourth-order valence-electron chi connectivity index (χ4n) is 4.03. The number of ether oxygens (including phenoxy) is 1. The van der Waals surface area contributed by atoms with Crippen molar-refractivity contribution in [1.29, 1.82) is 0 Å². The van der Waals surface area contributed by atoms with Crippen molar-refractivity contribution in [2.24, 2.45) is 0 Å². The van der Waals surface area contributed by atoms with E-state index in [0.29, 0.717) is 10.6 Å². The van der Waals surface area contributed by atoms with Crippen molar-refractivity contribution in [3.05, 3.63) is 82.0 Å². The number of carbonyl (C=O) groups is 3. The van der Waals surface area contributed by atoms with Crippen molar-refractivity contribution in [2.45, 2.75) is 24.1 Å². The fourth-order valence-corrected chi connectivity index (χ4v) is 6.12. The highest BCUT2D eigenvalue weighted by molar-refractivity contribution is 7.92. The van der Waals surface area contributed by atoms with Gasteiger partial charge in [-0.05, 0) is 49.1 Å². The predicted molar refractivity (Wildman–Crippen MR) is 144 cm³/mol. The molecule has 1 saturated heterocycles. The third kappa shape index (κ3) is 6.22. The summed E-state index contributed by atoms with van der Waals surface area (Å²) >= 11 is 1.15. The Kier molecular flexibility index (Phi) is 8.48. The van der Waals surface area contributed by atoms with Crippen LogP contribution in [0.3, 0.4) is 0 Å². The first-order chi connectivity index (χ1) is 18.2. The van der Waals surface area contributed by atoms with E-state index >= 15 is 0 Å². The lowest BCUT2D eigenvalue weighted by Gasteiger charge is -2.36. The van der Waals surface area contributed by atoms with E-state index < -0.39 is 27.0 Å². The zero-order chi connectivity index (χ0) is 27.3. The molecule has 4 rings (SSSR count). The summed E-state index contributed by atoms with van der Waals surface area (Å²) in [5.41, 5.74) is 1.78. The molecule has 1 aliphatic heterocycles. The molecule has 1 fully saturated rings. The van der Waals surface area contributed by atoms with Crippen molar-refractivity contribution in [3.63, 3.8) is 0 Å². The smallest absolute Gasteiger partial charge is 0.262 e. The predicted octanol–water partition coefficient (Wildman–Crippen LogP) is 2.64. The highest BCUT2D eigenvalue weighted by Gasteiger charge is 2.39. The van der Waals surface area contributed by atoms with Gasteiger partial charge in [-0.25, -0.2) is 8.42 Å². The lowest BCUT2D eigenvalue weighted by molar-refractivity contribution is -0.140. The van der Waals surface area contributed by atoms with Crippen LogP contribution in [-0.4, -0.2) is 74.1 Å². The number of nitrogens with zero attached hydrogens (tertiary/aromatic N) is 2. The quantitative estimate of drug-likeness (QED) is 0.457. The Labute approximate surface area is 225 Å². The molecule has 0 spiro atoms. The van der Waals surface area contributed by atoms with Crippen LogP contribution in [-0.2, 0) is 19.4 Å². The molecule has 11 heteroatoms. The minimum Gasteiger partial charge on any atom is -0.484 e. The maximum absolute atomic E-state index is 13.5. The average molecular weight is 556 g/mol. The van der Waals surface area contributed by atoms with Crippen molar-refractivity contribution < 1.29 is 27.5 Å². The average Bonchev–Trinajstić information content (AvgIpc) is 3.46. The molecule has 38 heavy (non-hydrogen) atoms. The summed E-state index contributed by atoms with van der Waals surface area (Å²) < 4.78 is 32.7. The number of carbonyl (C=O) groups excluding carboxylic acids is 3. The van der Waals surface area contributed by atoms with Crippen LogP contribution in [0.4, 0.5) is 0 Å². The van der Waals surface area contributed by atoms with Crippen LogP contribution in [0.1, 0.15) is 20.8 Å². The Bertz CT molecular complexity index is 1400. The topological polar surface area (TPSA) is 113 Å². The van der Waals surface area contributed by atoms with E-state index in [1.807, 2.05) is 32.0 Å². The maximum atomic E-state index is 13.5. The van der Waals surface area contributed by atoms with Gasteiger partial charge in [0.1, 0.15) is 5.75 Å². The SMILES string of the molecule is Cc1ccc(S(=O)(=O)[C@H](NC(=O)c2cccs2)C(=O)N2CCN(C(=O)COc3ccccc3C)CC2)cc1. The van der Waals surface area contributed by atoms with Crippen LogP contribution in [0.5, 0.6) is 5.75 Å². The van der Waals surface area contributed by atoms with Crippen LogP contribution in [0.15, 0.2) is 70.9 Å². The summed E-state index contributed by atoms with van der Waals surface area (Å²) in [4.78, 5) is 42.2. The third-order valence-electron chi connectivity index (χ3n) is 6.28. The highest BCUT2D eigenvalue weighted by Crippen LogP contribution is 2.20. The lowest BCUT2D eigenvalue weighted by Crippen LogP contribution is -2.58. The van der Waals surface area contributed by atoms with Gasteiger partial charge < -0.3 is 19.9 Å². The Hall–Kier alpha value is -3.70. The molecule has 9 nitrogen and oxygen atoms in total.